The van der Waals surface area contributed by atoms with Gasteiger partial charge in [-0.3, -0.25) is 0 Å². The SMILES string of the molecule is CC=C1C2C=CC1C(=C(C)C)C2=C(C)C. The normalized spacial score (nSPS) is 27.7. The lowest BCUT2D eigenvalue weighted by Gasteiger charge is -2.16. The molecule has 0 N–H and O–H groups in total. The maximum atomic E-state index is 2.37. The molecule has 0 aromatic heterocycles. The summed E-state index contributed by atoms with van der Waals surface area (Å²) in [7, 11) is 0. The minimum Gasteiger partial charge on any atom is -0.0866 e. The Hall–Kier alpha value is -1.04. The van der Waals surface area contributed by atoms with Crippen LogP contribution in [0.2, 0.25) is 0 Å². The maximum Gasteiger partial charge on any atom is 0.0240 e. The molecular weight excluding hydrogens is 180 g/mol. The summed E-state index contributed by atoms with van der Waals surface area (Å²) in [5.74, 6) is 1.16. The van der Waals surface area contributed by atoms with E-state index in [9.17, 15) is 0 Å². The van der Waals surface area contributed by atoms with Crippen molar-refractivity contribution in [1.82, 2.24) is 0 Å². The Balaban J connectivity index is 2.66. The molecule has 2 unspecified atom stereocenters. The zero-order valence-electron chi connectivity index (χ0n) is 10.4. The van der Waals surface area contributed by atoms with Gasteiger partial charge in [-0.25, -0.2) is 0 Å². The number of allylic oxidation sites excluding steroid dienone is 8. The largest absolute Gasteiger partial charge is 0.0866 e. The Kier molecular flexibility index (Phi) is 2.46. The highest BCUT2D eigenvalue weighted by Crippen LogP contribution is 2.53. The van der Waals surface area contributed by atoms with Crippen molar-refractivity contribution in [2.75, 3.05) is 0 Å². The van der Waals surface area contributed by atoms with Gasteiger partial charge in [0.1, 0.15) is 0 Å². The lowest BCUT2D eigenvalue weighted by Crippen LogP contribution is -2.01. The van der Waals surface area contributed by atoms with Crippen LogP contribution in [0.1, 0.15) is 34.6 Å². The summed E-state index contributed by atoms with van der Waals surface area (Å²) in [4.78, 5) is 0. The van der Waals surface area contributed by atoms with E-state index in [1.807, 2.05) is 0 Å². The minimum absolute atomic E-state index is 0.579. The lowest BCUT2D eigenvalue weighted by molar-refractivity contribution is 0.947. The van der Waals surface area contributed by atoms with Gasteiger partial charge in [0, 0.05) is 11.8 Å². The van der Waals surface area contributed by atoms with Gasteiger partial charge in [-0.05, 0) is 45.8 Å². The van der Waals surface area contributed by atoms with Gasteiger partial charge in [-0.15, -0.1) is 0 Å². The number of hydrogen-bond donors (Lipinski definition) is 0. The van der Waals surface area contributed by atoms with Crippen molar-refractivity contribution in [2.24, 2.45) is 11.8 Å². The fourth-order valence-electron chi connectivity index (χ4n) is 3.02. The first-order valence-corrected chi connectivity index (χ1v) is 5.77. The van der Waals surface area contributed by atoms with Crippen LogP contribution in [0.5, 0.6) is 0 Å². The highest BCUT2D eigenvalue weighted by Gasteiger charge is 2.40. The van der Waals surface area contributed by atoms with Crippen LogP contribution in [-0.2, 0) is 0 Å². The van der Waals surface area contributed by atoms with Crippen LogP contribution < -0.4 is 0 Å². The first kappa shape index (κ1) is 10.5. The second-order valence-corrected chi connectivity index (χ2v) is 4.96. The van der Waals surface area contributed by atoms with Crippen LogP contribution >= 0.6 is 0 Å². The van der Waals surface area contributed by atoms with Crippen molar-refractivity contribution in [3.63, 3.8) is 0 Å². The first-order valence-electron chi connectivity index (χ1n) is 5.77. The van der Waals surface area contributed by atoms with Gasteiger partial charge in [0.05, 0.1) is 0 Å². The molecule has 0 heteroatoms. The monoisotopic (exact) mass is 200 g/mol. The van der Waals surface area contributed by atoms with Crippen LogP contribution in [0.15, 0.2) is 46.1 Å². The third kappa shape index (κ3) is 1.35. The molecule has 0 heterocycles. The Labute approximate surface area is 93.1 Å². The third-order valence-electron chi connectivity index (χ3n) is 3.54. The predicted molar refractivity (Wildman–Crippen MR) is 66.6 cm³/mol. The molecule has 0 nitrogen and oxygen atoms in total. The van der Waals surface area contributed by atoms with Gasteiger partial charge < -0.3 is 0 Å². The topological polar surface area (TPSA) is 0 Å². The van der Waals surface area contributed by atoms with Crippen LogP contribution in [0, 0.1) is 11.8 Å². The molecule has 2 aliphatic carbocycles. The molecule has 2 atom stereocenters. The summed E-state index contributed by atoms with van der Waals surface area (Å²) in [6, 6.07) is 0. The van der Waals surface area contributed by atoms with E-state index in [0.717, 1.165) is 0 Å². The van der Waals surface area contributed by atoms with Crippen molar-refractivity contribution < 1.29 is 0 Å². The minimum atomic E-state index is 0.579. The second kappa shape index (κ2) is 3.52. The van der Waals surface area contributed by atoms with Crippen molar-refractivity contribution in [3.05, 3.63) is 46.1 Å². The molecule has 2 aliphatic rings. The fraction of sp³-hybridized carbons (Fsp3) is 0.467. The van der Waals surface area contributed by atoms with Gasteiger partial charge in [0.25, 0.3) is 0 Å². The second-order valence-electron chi connectivity index (χ2n) is 4.96. The molecule has 0 aliphatic heterocycles. The smallest absolute Gasteiger partial charge is 0.0240 e. The highest BCUT2D eigenvalue weighted by atomic mass is 14.4. The van der Waals surface area contributed by atoms with Gasteiger partial charge in [-0.1, -0.05) is 34.9 Å². The van der Waals surface area contributed by atoms with Gasteiger partial charge >= 0.3 is 0 Å². The summed E-state index contributed by atoms with van der Waals surface area (Å²) in [5, 5.41) is 0. The molecule has 2 bridgehead atoms. The standard InChI is InChI=1S/C15H20/c1-6-11-12-7-8-13(11)15(10(4)5)14(12)9(2)3/h6-8,12-13H,1-5H3. The Morgan fingerprint density at radius 2 is 1.33 bits per heavy atom. The first-order chi connectivity index (χ1) is 7.07. The van der Waals surface area contributed by atoms with Crippen LogP contribution in [0.4, 0.5) is 0 Å². The average Bonchev–Trinajstić information content (AvgIpc) is 2.70. The lowest BCUT2D eigenvalue weighted by atomic mass is 9.89. The van der Waals surface area contributed by atoms with Gasteiger partial charge in [-0.2, -0.15) is 0 Å². The van der Waals surface area contributed by atoms with Gasteiger partial charge in [0.2, 0.25) is 0 Å². The van der Waals surface area contributed by atoms with E-state index in [1.165, 1.54) is 11.1 Å². The zero-order valence-corrected chi connectivity index (χ0v) is 10.4. The third-order valence-corrected chi connectivity index (χ3v) is 3.54. The molecule has 1 fully saturated rings. The van der Waals surface area contributed by atoms with E-state index in [2.05, 4.69) is 52.8 Å². The molecule has 2 rings (SSSR count). The van der Waals surface area contributed by atoms with E-state index in [1.54, 1.807) is 16.7 Å². The van der Waals surface area contributed by atoms with E-state index in [0.29, 0.717) is 11.8 Å². The molecule has 0 aromatic rings. The average molecular weight is 200 g/mol. The molecule has 0 spiro atoms. The molecule has 80 valence electrons. The van der Waals surface area contributed by atoms with Crippen molar-refractivity contribution >= 4 is 0 Å². The molecule has 15 heavy (non-hydrogen) atoms. The van der Waals surface area contributed by atoms with E-state index >= 15 is 0 Å². The van der Waals surface area contributed by atoms with Crippen LogP contribution in [-0.4, -0.2) is 0 Å². The quantitative estimate of drug-likeness (QED) is 0.508. The van der Waals surface area contributed by atoms with Crippen molar-refractivity contribution in [3.8, 4) is 0 Å². The van der Waals surface area contributed by atoms with Gasteiger partial charge in [0.15, 0.2) is 0 Å². The summed E-state index contributed by atoms with van der Waals surface area (Å²) in [6.07, 6.45) is 7.04. The van der Waals surface area contributed by atoms with Crippen LogP contribution in [0.3, 0.4) is 0 Å². The Bertz CT molecular complexity index is 369. The molecule has 1 saturated carbocycles. The number of fused-ring (bicyclic) bond motifs is 2. The highest BCUT2D eigenvalue weighted by molar-refractivity contribution is 5.61. The van der Waals surface area contributed by atoms with E-state index in [4.69, 9.17) is 0 Å². The maximum absolute atomic E-state index is 2.37. The molecule has 0 amide bonds. The number of rotatable bonds is 0. The Morgan fingerprint density at radius 3 is 1.60 bits per heavy atom. The Morgan fingerprint density at radius 1 is 0.933 bits per heavy atom. The summed E-state index contributed by atoms with van der Waals surface area (Å²) < 4.78 is 0. The van der Waals surface area contributed by atoms with Crippen LogP contribution in [0.25, 0.3) is 0 Å². The van der Waals surface area contributed by atoms with Crippen molar-refractivity contribution in [2.45, 2.75) is 34.6 Å². The van der Waals surface area contributed by atoms with E-state index < -0.39 is 0 Å². The summed E-state index contributed by atoms with van der Waals surface area (Å²) in [5.41, 5.74) is 7.69. The fourth-order valence-corrected chi connectivity index (χ4v) is 3.02. The summed E-state index contributed by atoms with van der Waals surface area (Å²) >= 11 is 0. The predicted octanol–water partition coefficient (Wildman–Crippen LogP) is 4.42. The molecular formula is C15H20. The summed E-state index contributed by atoms with van der Waals surface area (Å²) in [6.45, 7) is 11.1. The number of hydrogen-bond acceptors (Lipinski definition) is 0. The van der Waals surface area contributed by atoms with E-state index in [-0.39, 0.29) is 0 Å². The van der Waals surface area contributed by atoms with Crippen molar-refractivity contribution in [1.29, 1.82) is 0 Å². The molecule has 0 radical (unpaired) electrons. The molecule has 0 aromatic carbocycles. The zero-order chi connectivity index (χ0) is 11.2. The molecule has 0 saturated heterocycles.